The van der Waals surface area contributed by atoms with Crippen LogP contribution >= 0.6 is 11.5 Å². The van der Waals surface area contributed by atoms with Gasteiger partial charge in [0.15, 0.2) is 0 Å². The highest BCUT2D eigenvalue weighted by molar-refractivity contribution is 7.09. The number of hydrogen-bond acceptors (Lipinski definition) is 5. The summed E-state index contributed by atoms with van der Waals surface area (Å²) in [6.07, 6.45) is 0.544. The fourth-order valence-corrected chi connectivity index (χ4v) is 2.17. The van der Waals surface area contributed by atoms with Crippen LogP contribution in [0.4, 0.5) is 5.13 Å². The monoisotopic (exact) mass is 243 g/mol. The lowest BCUT2D eigenvalue weighted by atomic mass is 10.2. The second-order valence-electron chi connectivity index (χ2n) is 3.96. The third kappa shape index (κ3) is 2.69. The lowest BCUT2D eigenvalue weighted by Gasteiger charge is -2.22. The molecule has 1 aromatic rings. The maximum absolute atomic E-state index is 11.0. The van der Waals surface area contributed by atoms with Gasteiger partial charge in [0.05, 0.1) is 0 Å². The van der Waals surface area contributed by atoms with Gasteiger partial charge in [-0.25, -0.2) is 9.78 Å². The Balaban J connectivity index is 2.86. The van der Waals surface area contributed by atoms with Gasteiger partial charge in [0.2, 0.25) is 5.13 Å². The highest BCUT2D eigenvalue weighted by Crippen LogP contribution is 2.22. The quantitative estimate of drug-likeness (QED) is 0.856. The SMILES string of the molecule is CCC(C(=O)O)N(C)c1nc(C(C)C)ns1. The van der Waals surface area contributed by atoms with E-state index in [4.69, 9.17) is 5.11 Å². The summed E-state index contributed by atoms with van der Waals surface area (Å²) in [4.78, 5) is 17.0. The molecule has 1 atom stereocenters. The second-order valence-corrected chi connectivity index (χ2v) is 4.69. The zero-order valence-electron chi connectivity index (χ0n) is 9.97. The van der Waals surface area contributed by atoms with Crippen LogP contribution in [0.25, 0.3) is 0 Å². The van der Waals surface area contributed by atoms with E-state index in [-0.39, 0.29) is 5.92 Å². The first-order chi connectivity index (χ1) is 7.47. The summed E-state index contributed by atoms with van der Waals surface area (Å²) < 4.78 is 4.21. The molecule has 0 fully saturated rings. The van der Waals surface area contributed by atoms with E-state index in [2.05, 4.69) is 9.36 Å². The molecule has 1 aromatic heterocycles. The molecule has 0 aliphatic heterocycles. The van der Waals surface area contributed by atoms with Gasteiger partial charge in [-0.2, -0.15) is 4.37 Å². The van der Waals surface area contributed by atoms with Gasteiger partial charge in [-0.05, 0) is 6.42 Å². The van der Waals surface area contributed by atoms with Crippen molar-refractivity contribution in [3.05, 3.63) is 5.82 Å². The van der Waals surface area contributed by atoms with E-state index in [9.17, 15) is 4.79 Å². The van der Waals surface area contributed by atoms with Crippen molar-refractivity contribution in [3.63, 3.8) is 0 Å². The molecule has 0 aliphatic carbocycles. The van der Waals surface area contributed by atoms with Crippen molar-refractivity contribution in [1.29, 1.82) is 0 Å². The average molecular weight is 243 g/mol. The summed E-state index contributed by atoms with van der Waals surface area (Å²) in [5.41, 5.74) is 0. The van der Waals surface area contributed by atoms with Crippen LogP contribution in [0.1, 0.15) is 38.9 Å². The highest BCUT2D eigenvalue weighted by Gasteiger charge is 2.23. The second kappa shape index (κ2) is 5.25. The summed E-state index contributed by atoms with van der Waals surface area (Å²) in [5.74, 6) is 0.210. The minimum absolute atomic E-state index is 0.267. The summed E-state index contributed by atoms with van der Waals surface area (Å²) in [6.45, 7) is 5.88. The number of hydrogen-bond donors (Lipinski definition) is 1. The van der Waals surface area contributed by atoms with Gasteiger partial charge in [0.25, 0.3) is 0 Å². The Hall–Kier alpha value is -1.17. The molecule has 0 saturated carbocycles. The van der Waals surface area contributed by atoms with Gasteiger partial charge in [-0.15, -0.1) is 0 Å². The standard InChI is InChI=1S/C10H17N3O2S/c1-5-7(9(14)15)13(4)10-11-8(6(2)3)12-16-10/h6-7H,5H2,1-4H3,(H,14,15). The van der Waals surface area contributed by atoms with Crippen LogP contribution in [-0.4, -0.2) is 33.5 Å². The zero-order valence-corrected chi connectivity index (χ0v) is 10.8. The predicted molar refractivity (Wildman–Crippen MR) is 64.1 cm³/mol. The molecule has 16 heavy (non-hydrogen) atoms. The van der Waals surface area contributed by atoms with E-state index in [0.717, 1.165) is 5.82 Å². The normalized spacial score (nSPS) is 12.8. The average Bonchev–Trinajstić information content (AvgIpc) is 2.66. The fraction of sp³-hybridized carbons (Fsp3) is 0.700. The highest BCUT2D eigenvalue weighted by atomic mass is 32.1. The first-order valence-corrected chi connectivity index (χ1v) is 6.04. The molecule has 0 spiro atoms. The molecule has 0 bridgehead atoms. The lowest BCUT2D eigenvalue weighted by Crippen LogP contribution is -2.37. The number of likely N-dealkylation sites (N-methyl/N-ethyl adjacent to an activating group) is 1. The Morgan fingerprint density at radius 3 is 2.56 bits per heavy atom. The molecular formula is C10H17N3O2S. The van der Waals surface area contributed by atoms with Gasteiger partial charge in [-0.3, -0.25) is 0 Å². The molecule has 90 valence electrons. The lowest BCUT2D eigenvalue weighted by molar-refractivity contribution is -0.138. The molecule has 5 nitrogen and oxygen atoms in total. The third-order valence-electron chi connectivity index (χ3n) is 2.39. The first kappa shape index (κ1) is 12.9. The molecule has 0 aliphatic rings. The summed E-state index contributed by atoms with van der Waals surface area (Å²) in [7, 11) is 1.74. The van der Waals surface area contributed by atoms with E-state index in [0.29, 0.717) is 11.6 Å². The number of carbonyl (C=O) groups is 1. The van der Waals surface area contributed by atoms with Crippen molar-refractivity contribution in [2.75, 3.05) is 11.9 Å². The van der Waals surface area contributed by atoms with Crippen LogP contribution in [0, 0.1) is 0 Å². The molecular weight excluding hydrogens is 226 g/mol. The number of rotatable bonds is 5. The van der Waals surface area contributed by atoms with Crippen molar-refractivity contribution < 1.29 is 9.90 Å². The maximum atomic E-state index is 11.0. The topological polar surface area (TPSA) is 66.3 Å². The molecule has 1 rings (SSSR count). The van der Waals surface area contributed by atoms with Gasteiger partial charge < -0.3 is 10.0 Å². The van der Waals surface area contributed by atoms with Crippen LogP contribution in [0.3, 0.4) is 0 Å². The van der Waals surface area contributed by atoms with Gasteiger partial charge >= 0.3 is 5.97 Å². The number of carboxylic acid groups (broad SMARTS) is 1. The number of anilines is 1. The Labute approximate surface area is 99.3 Å². The Morgan fingerprint density at radius 1 is 1.56 bits per heavy atom. The van der Waals surface area contributed by atoms with E-state index >= 15 is 0 Å². The fourth-order valence-electron chi connectivity index (χ4n) is 1.35. The van der Waals surface area contributed by atoms with Crippen molar-refractivity contribution in [2.45, 2.75) is 39.2 Å². The summed E-state index contributed by atoms with van der Waals surface area (Å²) in [5, 5.41) is 9.70. The first-order valence-electron chi connectivity index (χ1n) is 5.26. The minimum atomic E-state index is -0.828. The Bertz CT molecular complexity index is 365. The summed E-state index contributed by atoms with van der Waals surface area (Å²) in [6, 6.07) is -0.534. The van der Waals surface area contributed by atoms with Crippen LogP contribution in [0.15, 0.2) is 0 Å². The van der Waals surface area contributed by atoms with Crippen LogP contribution in [0.5, 0.6) is 0 Å². The summed E-state index contributed by atoms with van der Waals surface area (Å²) >= 11 is 1.25. The van der Waals surface area contributed by atoms with Gasteiger partial charge in [0.1, 0.15) is 11.9 Å². The maximum Gasteiger partial charge on any atom is 0.326 e. The number of aliphatic carboxylic acids is 1. The molecule has 0 amide bonds. The molecule has 0 radical (unpaired) electrons. The van der Waals surface area contributed by atoms with Gasteiger partial charge in [-0.1, -0.05) is 20.8 Å². The van der Waals surface area contributed by atoms with Crippen molar-refractivity contribution in [1.82, 2.24) is 9.36 Å². The van der Waals surface area contributed by atoms with Crippen molar-refractivity contribution in [3.8, 4) is 0 Å². The smallest absolute Gasteiger partial charge is 0.326 e. The van der Waals surface area contributed by atoms with E-state index < -0.39 is 12.0 Å². The van der Waals surface area contributed by atoms with Crippen LogP contribution < -0.4 is 4.90 Å². The number of aromatic nitrogens is 2. The number of nitrogens with zero attached hydrogens (tertiary/aromatic N) is 3. The van der Waals surface area contributed by atoms with Crippen LogP contribution in [-0.2, 0) is 4.79 Å². The van der Waals surface area contributed by atoms with Crippen molar-refractivity contribution >= 4 is 22.6 Å². The zero-order chi connectivity index (χ0) is 12.3. The van der Waals surface area contributed by atoms with E-state index in [1.54, 1.807) is 11.9 Å². The predicted octanol–water partition coefficient (Wildman–Crippen LogP) is 1.96. The van der Waals surface area contributed by atoms with Gasteiger partial charge in [0, 0.05) is 24.5 Å². The number of carboxylic acids is 1. The molecule has 1 N–H and O–H groups in total. The largest absolute Gasteiger partial charge is 0.480 e. The van der Waals surface area contributed by atoms with E-state index in [1.165, 1.54) is 11.5 Å². The Morgan fingerprint density at radius 2 is 2.19 bits per heavy atom. The molecule has 0 aromatic carbocycles. The van der Waals surface area contributed by atoms with Crippen LogP contribution in [0.2, 0.25) is 0 Å². The third-order valence-corrected chi connectivity index (χ3v) is 3.21. The molecule has 6 heteroatoms. The minimum Gasteiger partial charge on any atom is -0.480 e. The van der Waals surface area contributed by atoms with E-state index in [1.807, 2.05) is 20.8 Å². The molecule has 0 saturated heterocycles. The Kier molecular flexibility index (Phi) is 4.23. The van der Waals surface area contributed by atoms with Crippen molar-refractivity contribution in [2.24, 2.45) is 0 Å². The molecule has 1 unspecified atom stereocenters. The molecule has 1 heterocycles.